The lowest BCUT2D eigenvalue weighted by Gasteiger charge is -2.03. The van der Waals surface area contributed by atoms with Crippen LogP contribution in [0.25, 0.3) is 0 Å². The van der Waals surface area contributed by atoms with Gasteiger partial charge in [-0.3, -0.25) is 9.59 Å². The second kappa shape index (κ2) is 7.69. The van der Waals surface area contributed by atoms with Crippen molar-refractivity contribution in [3.05, 3.63) is 59.9 Å². The summed E-state index contributed by atoms with van der Waals surface area (Å²) in [4.78, 5) is 23.2. The fourth-order valence-corrected chi connectivity index (χ4v) is 1.69. The van der Waals surface area contributed by atoms with Crippen LogP contribution in [0.15, 0.2) is 53.6 Å². The number of hydrazone groups is 1. The number of ether oxygens (including phenoxy) is 1. The lowest BCUT2D eigenvalue weighted by molar-refractivity contribution is -0.136. The van der Waals surface area contributed by atoms with Gasteiger partial charge in [-0.05, 0) is 35.9 Å². The Bertz CT molecular complexity index is 747. The first kappa shape index (κ1) is 16.2. The van der Waals surface area contributed by atoms with E-state index in [1.54, 1.807) is 24.3 Å². The van der Waals surface area contributed by atoms with E-state index in [1.807, 2.05) is 0 Å². The van der Waals surface area contributed by atoms with Crippen molar-refractivity contribution in [3.8, 4) is 5.75 Å². The first-order valence-corrected chi connectivity index (χ1v) is 6.62. The summed E-state index contributed by atoms with van der Waals surface area (Å²) in [5, 5.41) is 5.95. The number of nitrogens with zero attached hydrogens (tertiary/aromatic N) is 1. The molecule has 0 atom stereocenters. The Labute approximate surface area is 132 Å². The third kappa shape index (κ3) is 4.92. The monoisotopic (exact) mass is 315 g/mol. The van der Waals surface area contributed by atoms with E-state index < -0.39 is 17.6 Å². The Morgan fingerprint density at radius 2 is 1.91 bits per heavy atom. The Morgan fingerprint density at radius 1 is 1.13 bits per heavy atom. The molecule has 2 aromatic carbocycles. The van der Waals surface area contributed by atoms with Crippen molar-refractivity contribution >= 4 is 23.7 Å². The van der Waals surface area contributed by atoms with Crippen LogP contribution in [0.3, 0.4) is 0 Å². The van der Waals surface area contributed by atoms with Crippen LogP contribution >= 0.6 is 0 Å². The summed E-state index contributed by atoms with van der Waals surface area (Å²) in [5.74, 6) is -1.78. The third-order valence-electron chi connectivity index (χ3n) is 2.76. The molecule has 2 aromatic rings. The number of halogens is 1. The Kier molecular flexibility index (Phi) is 5.40. The van der Waals surface area contributed by atoms with Gasteiger partial charge in [0.25, 0.3) is 0 Å². The van der Waals surface area contributed by atoms with Gasteiger partial charge < -0.3 is 10.1 Å². The highest BCUT2D eigenvalue weighted by Gasteiger charge is 2.12. The van der Waals surface area contributed by atoms with Gasteiger partial charge in [-0.15, -0.1) is 0 Å². The molecule has 0 spiro atoms. The average molecular weight is 315 g/mol. The largest absolute Gasteiger partial charge is 0.497 e. The van der Waals surface area contributed by atoms with E-state index in [0.717, 1.165) is 6.07 Å². The van der Waals surface area contributed by atoms with Gasteiger partial charge in [0, 0.05) is 5.69 Å². The number of carbonyl (C=O) groups is 2. The van der Waals surface area contributed by atoms with E-state index in [0.29, 0.717) is 11.3 Å². The summed E-state index contributed by atoms with van der Waals surface area (Å²) >= 11 is 0. The third-order valence-corrected chi connectivity index (χ3v) is 2.76. The van der Waals surface area contributed by atoms with Crippen LogP contribution in [0.2, 0.25) is 0 Å². The maximum atomic E-state index is 13.0. The van der Waals surface area contributed by atoms with Crippen LogP contribution in [0, 0.1) is 5.82 Å². The van der Waals surface area contributed by atoms with Crippen molar-refractivity contribution in [2.24, 2.45) is 5.10 Å². The smallest absolute Gasteiger partial charge is 0.329 e. The lowest BCUT2D eigenvalue weighted by Crippen LogP contribution is -2.32. The van der Waals surface area contributed by atoms with Crippen molar-refractivity contribution in [2.45, 2.75) is 0 Å². The summed E-state index contributed by atoms with van der Waals surface area (Å²) in [6.45, 7) is 0. The maximum Gasteiger partial charge on any atom is 0.329 e. The first-order chi connectivity index (χ1) is 11.1. The molecule has 6 nitrogen and oxygen atoms in total. The minimum atomic E-state index is -0.964. The average Bonchev–Trinajstić information content (AvgIpc) is 2.55. The number of hydrogen-bond acceptors (Lipinski definition) is 4. The van der Waals surface area contributed by atoms with E-state index >= 15 is 0 Å². The summed E-state index contributed by atoms with van der Waals surface area (Å²) in [7, 11) is 1.54. The minimum Gasteiger partial charge on any atom is -0.497 e. The molecule has 0 fully saturated rings. The summed E-state index contributed by atoms with van der Waals surface area (Å²) in [6.07, 6.45) is 1.37. The van der Waals surface area contributed by atoms with Gasteiger partial charge in [-0.1, -0.05) is 18.2 Å². The Hall–Kier alpha value is -3.22. The Morgan fingerprint density at radius 3 is 2.65 bits per heavy atom. The number of benzene rings is 2. The molecule has 0 aliphatic carbocycles. The zero-order valence-electron chi connectivity index (χ0n) is 12.2. The van der Waals surface area contributed by atoms with E-state index in [2.05, 4.69) is 15.8 Å². The molecule has 23 heavy (non-hydrogen) atoms. The molecule has 0 aliphatic rings. The number of methoxy groups -OCH3 is 1. The van der Waals surface area contributed by atoms with Crippen molar-refractivity contribution in [2.75, 3.05) is 12.4 Å². The van der Waals surface area contributed by atoms with Crippen LogP contribution in [0.1, 0.15) is 5.56 Å². The number of hydrogen-bond donors (Lipinski definition) is 2. The maximum absolute atomic E-state index is 13.0. The first-order valence-electron chi connectivity index (χ1n) is 6.62. The molecular weight excluding hydrogens is 301 g/mol. The van der Waals surface area contributed by atoms with Gasteiger partial charge in [-0.2, -0.15) is 5.10 Å². The van der Waals surface area contributed by atoms with E-state index in [4.69, 9.17) is 4.74 Å². The summed E-state index contributed by atoms with van der Waals surface area (Å²) in [5.41, 5.74) is 2.96. The topological polar surface area (TPSA) is 79.8 Å². The number of anilines is 1. The normalized spacial score (nSPS) is 10.3. The zero-order valence-corrected chi connectivity index (χ0v) is 12.2. The fraction of sp³-hybridized carbons (Fsp3) is 0.0625. The van der Waals surface area contributed by atoms with Gasteiger partial charge in [-0.25, -0.2) is 9.82 Å². The molecule has 0 unspecified atom stereocenters. The molecule has 0 radical (unpaired) electrons. The van der Waals surface area contributed by atoms with Crippen molar-refractivity contribution < 1.29 is 18.7 Å². The molecule has 0 heterocycles. The van der Waals surface area contributed by atoms with Gasteiger partial charge in [0.15, 0.2) is 0 Å². The molecule has 0 aromatic heterocycles. The second-order valence-corrected chi connectivity index (χ2v) is 4.44. The molecule has 0 bridgehead atoms. The molecule has 2 rings (SSSR count). The van der Waals surface area contributed by atoms with E-state index in [1.165, 1.54) is 31.5 Å². The second-order valence-electron chi connectivity index (χ2n) is 4.44. The van der Waals surface area contributed by atoms with E-state index in [9.17, 15) is 14.0 Å². The number of carbonyl (C=O) groups excluding carboxylic acids is 2. The van der Waals surface area contributed by atoms with Gasteiger partial charge in [0.1, 0.15) is 11.6 Å². The van der Waals surface area contributed by atoms with Crippen LogP contribution < -0.4 is 15.5 Å². The van der Waals surface area contributed by atoms with Crippen molar-refractivity contribution in [1.82, 2.24) is 5.43 Å². The number of rotatable bonds is 4. The molecule has 2 N–H and O–H groups in total. The SMILES string of the molecule is COc1cccc(/C=N/NC(=O)C(=O)Nc2cccc(F)c2)c1. The highest BCUT2D eigenvalue weighted by atomic mass is 19.1. The van der Waals surface area contributed by atoms with E-state index in [-0.39, 0.29) is 5.69 Å². The fourth-order valence-electron chi connectivity index (χ4n) is 1.69. The highest BCUT2D eigenvalue weighted by Crippen LogP contribution is 2.10. The highest BCUT2D eigenvalue weighted by molar-refractivity contribution is 6.39. The summed E-state index contributed by atoms with van der Waals surface area (Å²) < 4.78 is 18.0. The molecular formula is C16H14FN3O3. The van der Waals surface area contributed by atoms with Crippen molar-refractivity contribution in [1.29, 1.82) is 0 Å². The van der Waals surface area contributed by atoms with Crippen LogP contribution in [0.4, 0.5) is 10.1 Å². The Balaban J connectivity index is 1.90. The van der Waals surface area contributed by atoms with Gasteiger partial charge in [0.2, 0.25) is 0 Å². The molecule has 118 valence electrons. The molecule has 0 saturated heterocycles. The minimum absolute atomic E-state index is 0.182. The molecule has 0 aliphatic heterocycles. The zero-order chi connectivity index (χ0) is 16.7. The van der Waals surface area contributed by atoms with Crippen LogP contribution in [0.5, 0.6) is 5.75 Å². The van der Waals surface area contributed by atoms with Gasteiger partial charge >= 0.3 is 11.8 Å². The predicted molar refractivity (Wildman–Crippen MR) is 83.8 cm³/mol. The number of nitrogens with one attached hydrogen (secondary N) is 2. The molecule has 0 saturated carbocycles. The standard InChI is InChI=1S/C16H14FN3O3/c1-23-14-7-2-4-11(8-14)10-18-20-16(22)15(21)19-13-6-3-5-12(17)9-13/h2-10H,1H3,(H,19,21)(H,20,22)/b18-10+. The summed E-state index contributed by atoms with van der Waals surface area (Å²) in [6, 6.07) is 12.2. The molecule has 7 heteroatoms. The van der Waals surface area contributed by atoms with Crippen LogP contribution in [-0.2, 0) is 9.59 Å². The quantitative estimate of drug-likeness (QED) is 0.514. The predicted octanol–water partition coefficient (Wildman–Crippen LogP) is 1.92. The van der Waals surface area contributed by atoms with Gasteiger partial charge in [0.05, 0.1) is 13.3 Å². The lowest BCUT2D eigenvalue weighted by atomic mass is 10.2. The van der Waals surface area contributed by atoms with Crippen molar-refractivity contribution in [3.63, 3.8) is 0 Å². The number of amides is 2. The molecule has 2 amide bonds. The van der Waals surface area contributed by atoms with Crippen LogP contribution in [-0.4, -0.2) is 25.1 Å².